The lowest BCUT2D eigenvalue weighted by Crippen LogP contribution is -2.34. The number of carboxylic acid groups (broad SMARTS) is 1. The molecule has 0 saturated carbocycles. The Hall–Kier alpha value is -0.980. The molecule has 0 aliphatic rings. The van der Waals surface area contributed by atoms with E-state index in [1.807, 2.05) is 19.0 Å². The Morgan fingerprint density at radius 2 is 2.22 bits per heavy atom. The second-order valence-corrected chi connectivity index (χ2v) is 5.11. The first kappa shape index (κ1) is 15.1. The smallest absolute Gasteiger partial charge is 0.325 e. The van der Waals surface area contributed by atoms with Gasteiger partial charge in [-0.05, 0) is 32.3 Å². The van der Waals surface area contributed by atoms with Gasteiger partial charge in [0.25, 0.3) is 0 Å². The van der Waals surface area contributed by atoms with E-state index in [0.29, 0.717) is 17.6 Å². The Balaban J connectivity index is 2.84. The molecule has 4 nitrogen and oxygen atoms in total. The third kappa shape index (κ3) is 4.36. The summed E-state index contributed by atoms with van der Waals surface area (Å²) in [7, 11) is 3.77. The van der Waals surface area contributed by atoms with Gasteiger partial charge in [0.15, 0.2) is 0 Å². The van der Waals surface area contributed by atoms with Crippen LogP contribution in [-0.4, -0.2) is 43.2 Å². The molecule has 100 valence electrons. The molecule has 6 heteroatoms. The van der Waals surface area contributed by atoms with Gasteiger partial charge in [0.1, 0.15) is 11.9 Å². The first-order valence-corrected chi connectivity index (χ1v) is 6.27. The van der Waals surface area contributed by atoms with Gasteiger partial charge >= 0.3 is 5.97 Å². The number of benzene rings is 1. The van der Waals surface area contributed by atoms with Gasteiger partial charge in [0.05, 0.1) is 0 Å². The molecule has 0 spiro atoms. The van der Waals surface area contributed by atoms with Crippen LogP contribution in [0.3, 0.4) is 0 Å². The quantitative estimate of drug-likeness (QED) is 0.840. The Morgan fingerprint density at radius 3 is 2.78 bits per heavy atom. The number of rotatable bonds is 6. The van der Waals surface area contributed by atoms with Crippen molar-refractivity contribution < 1.29 is 14.3 Å². The number of likely N-dealkylation sites (N-methyl/N-ethyl adjacent to an activating group) is 1. The van der Waals surface area contributed by atoms with E-state index in [2.05, 4.69) is 21.2 Å². The van der Waals surface area contributed by atoms with Crippen LogP contribution >= 0.6 is 15.9 Å². The summed E-state index contributed by atoms with van der Waals surface area (Å²) in [6.07, 6.45) is 0. The third-order valence-electron chi connectivity index (χ3n) is 2.42. The molecule has 0 heterocycles. The summed E-state index contributed by atoms with van der Waals surface area (Å²) in [5.41, 5.74) is 0.135. The van der Waals surface area contributed by atoms with Crippen molar-refractivity contribution >= 4 is 21.9 Å². The topological polar surface area (TPSA) is 52.6 Å². The van der Waals surface area contributed by atoms with Gasteiger partial charge in [-0.3, -0.25) is 10.1 Å². The highest BCUT2D eigenvalue weighted by molar-refractivity contribution is 9.10. The molecular weight excluding hydrogens is 303 g/mol. The van der Waals surface area contributed by atoms with E-state index in [1.165, 1.54) is 18.2 Å². The van der Waals surface area contributed by atoms with Crippen LogP contribution in [0.1, 0.15) is 11.6 Å². The average Bonchev–Trinajstić information content (AvgIpc) is 2.27. The minimum Gasteiger partial charge on any atom is -0.480 e. The van der Waals surface area contributed by atoms with Crippen molar-refractivity contribution in [2.24, 2.45) is 0 Å². The fraction of sp³-hybridized carbons (Fsp3) is 0.417. The van der Waals surface area contributed by atoms with Gasteiger partial charge in [0, 0.05) is 23.1 Å². The lowest BCUT2D eigenvalue weighted by Gasteiger charge is -2.17. The first-order valence-electron chi connectivity index (χ1n) is 5.47. The molecule has 1 atom stereocenters. The number of nitrogens with one attached hydrogen (secondary N) is 1. The summed E-state index contributed by atoms with van der Waals surface area (Å²) < 4.78 is 14.3. The molecule has 0 aromatic heterocycles. The summed E-state index contributed by atoms with van der Waals surface area (Å²) in [4.78, 5) is 13.1. The zero-order valence-electron chi connectivity index (χ0n) is 10.3. The standard InChI is InChI=1S/C12H16BrFN2O2/c1-16(2)6-5-15-11(12(17)18)9-7-8(13)3-4-10(9)14/h3-4,7,11,15H,5-6H2,1-2H3,(H,17,18). The highest BCUT2D eigenvalue weighted by Crippen LogP contribution is 2.22. The van der Waals surface area contributed by atoms with E-state index < -0.39 is 17.8 Å². The predicted molar refractivity (Wildman–Crippen MR) is 71.0 cm³/mol. The maximum atomic E-state index is 13.6. The molecule has 0 fully saturated rings. The SMILES string of the molecule is CN(C)CCNC(C(=O)O)c1cc(Br)ccc1F. The van der Waals surface area contributed by atoms with Gasteiger partial charge in [-0.2, -0.15) is 0 Å². The highest BCUT2D eigenvalue weighted by atomic mass is 79.9. The number of nitrogens with zero attached hydrogens (tertiary/aromatic N) is 1. The van der Waals surface area contributed by atoms with E-state index in [0.717, 1.165) is 0 Å². The van der Waals surface area contributed by atoms with Crippen molar-refractivity contribution in [3.63, 3.8) is 0 Å². The summed E-state index contributed by atoms with van der Waals surface area (Å²) in [5, 5.41) is 12.0. The van der Waals surface area contributed by atoms with Crippen molar-refractivity contribution in [2.45, 2.75) is 6.04 Å². The van der Waals surface area contributed by atoms with Crippen molar-refractivity contribution in [1.82, 2.24) is 10.2 Å². The van der Waals surface area contributed by atoms with Gasteiger partial charge in [0.2, 0.25) is 0 Å². The van der Waals surface area contributed by atoms with Crippen molar-refractivity contribution in [1.29, 1.82) is 0 Å². The minimum absolute atomic E-state index is 0.135. The summed E-state index contributed by atoms with van der Waals surface area (Å²) in [6, 6.07) is 3.24. The number of carbonyl (C=O) groups is 1. The Labute approximate surface area is 114 Å². The molecule has 0 aliphatic heterocycles. The van der Waals surface area contributed by atoms with E-state index in [-0.39, 0.29) is 5.56 Å². The number of carboxylic acids is 1. The second-order valence-electron chi connectivity index (χ2n) is 4.19. The monoisotopic (exact) mass is 318 g/mol. The van der Waals surface area contributed by atoms with Crippen LogP contribution in [0.4, 0.5) is 4.39 Å². The van der Waals surface area contributed by atoms with Gasteiger partial charge in [-0.25, -0.2) is 4.39 Å². The Kier molecular flexibility index (Phi) is 5.71. The zero-order valence-corrected chi connectivity index (χ0v) is 11.9. The fourth-order valence-electron chi connectivity index (χ4n) is 1.50. The van der Waals surface area contributed by atoms with E-state index in [9.17, 15) is 9.18 Å². The number of hydrogen-bond acceptors (Lipinski definition) is 3. The highest BCUT2D eigenvalue weighted by Gasteiger charge is 2.22. The van der Waals surface area contributed by atoms with Gasteiger partial charge in [-0.15, -0.1) is 0 Å². The third-order valence-corrected chi connectivity index (χ3v) is 2.92. The second kappa shape index (κ2) is 6.82. The molecule has 1 rings (SSSR count). The molecule has 0 amide bonds. The Bertz CT molecular complexity index is 427. The summed E-state index contributed by atoms with van der Waals surface area (Å²) in [6.45, 7) is 1.15. The fourth-order valence-corrected chi connectivity index (χ4v) is 1.88. The van der Waals surface area contributed by atoms with Gasteiger partial charge in [-0.1, -0.05) is 15.9 Å². The van der Waals surface area contributed by atoms with Gasteiger partial charge < -0.3 is 10.0 Å². The first-order chi connectivity index (χ1) is 8.41. The largest absolute Gasteiger partial charge is 0.480 e. The summed E-state index contributed by atoms with van der Waals surface area (Å²) in [5.74, 6) is -1.62. The molecule has 2 N–H and O–H groups in total. The van der Waals surface area contributed by atoms with E-state index >= 15 is 0 Å². The molecule has 0 bridgehead atoms. The number of halogens is 2. The normalized spacial score (nSPS) is 12.7. The van der Waals surface area contributed by atoms with Crippen LogP contribution in [-0.2, 0) is 4.79 Å². The molecule has 1 aromatic carbocycles. The molecular formula is C12H16BrFN2O2. The molecule has 1 aromatic rings. The maximum absolute atomic E-state index is 13.6. The van der Waals surface area contributed by atoms with Crippen molar-refractivity contribution in [3.8, 4) is 0 Å². The Morgan fingerprint density at radius 1 is 1.56 bits per heavy atom. The van der Waals surface area contributed by atoms with Crippen molar-refractivity contribution in [3.05, 3.63) is 34.1 Å². The molecule has 0 aliphatic carbocycles. The van der Waals surface area contributed by atoms with Crippen molar-refractivity contribution in [2.75, 3.05) is 27.2 Å². The predicted octanol–water partition coefficient (Wildman–Crippen LogP) is 1.87. The number of aliphatic carboxylic acids is 1. The minimum atomic E-state index is -1.09. The lowest BCUT2D eigenvalue weighted by atomic mass is 10.1. The number of hydrogen-bond donors (Lipinski definition) is 2. The van der Waals surface area contributed by atoms with Crippen LogP contribution in [0, 0.1) is 5.82 Å². The maximum Gasteiger partial charge on any atom is 0.325 e. The van der Waals surface area contributed by atoms with E-state index in [4.69, 9.17) is 5.11 Å². The molecule has 0 radical (unpaired) electrons. The van der Waals surface area contributed by atoms with Crippen LogP contribution in [0.2, 0.25) is 0 Å². The van der Waals surface area contributed by atoms with Crippen LogP contribution in [0.25, 0.3) is 0 Å². The van der Waals surface area contributed by atoms with Crippen LogP contribution in [0.15, 0.2) is 22.7 Å². The van der Waals surface area contributed by atoms with Crippen LogP contribution < -0.4 is 5.32 Å². The molecule has 0 saturated heterocycles. The molecule has 1 unspecified atom stereocenters. The lowest BCUT2D eigenvalue weighted by molar-refractivity contribution is -0.139. The average molecular weight is 319 g/mol. The zero-order chi connectivity index (χ0) is 13.7. The summed E-state index contributed by atoms with van der Waals surface area (Å²) >= 11 is 3.21. The molecule has 18 heavy (non-hydrogen) atoms. The van der Waals surface area contributed by atoms with Crippen LogP contribution in [0.5, 0.6) is 0 Å². The van der Waals surface area contributed by atoms with E-state index in [1.54, 1.807) is 0 Å².